The van der Waals surface area contributed by atoms with Gasteiger partial charge in [0.2, 0.25) is 0 Å². The highest BCUT2D eigenvalue weighted by atomic mass is 16.2. The molecule has 20 heavy (non-hydrogen) atoms. The number of carbonyl (C=O) groups excluding carboxylic acids is 1. The highest BCUT2D eigenvalue weighted by molar-refractivity contribution is 5.93. The van der Waals surface area contributed by atoms with E-state index in [9.17, 15) is 9.59 Å². The number of amides is 1. The second-order valence-corrected chi connectivity index (χ2v) is 4.41. The van der Waals surface area contributed by atoms with Crippen molar-refractivity contribution in [2.24, 2.45) is 0 Å². The Hall–Kier alpha value is -2.36. The van der Waals surface area contributed by atoms with Gasteiger partial charge in [0, 0.05) is 13.2 Å². The monoisotopic (exact) mass is 272 g/mol. The maximum Gasteiger partial charge on any atom is 0.263 e. The van der Waals surface area contributed by atoms with Crippen molar-refractivity contribution in [3.05, 3.63) is 70.2 Å². The first-order valence-electron chi connectivity index (χ1n) is 6.41. The minimum Gasteiger partial charge on any atom is -0.355 e. The van der Waals surface area contributed by atoms with Gasteiger partial charge >= 0.3 is 0 Å². The molecule has 0 radical (unpaired) electrons. The predicted octanol–water partition coefficient (Wildman–Crippen LogP) is 2.20. The van der Waals surface area contributed by atoms with Crippen molar-refractivity contribution in [1.29, 1.82) is 0 Å². The molecule has 106 valence electrons. The zero-order valence-electron chi connectivity index (χ0n) is 12.1. The van der Waals surface area contributed by atoms with Crippen LogP contribution in [-0.4, -0.2) is 17.5 Å². The minimum atomic E-state index is -0.370. The van der Waals surface area contributed by atoms with Crippen LogP contribution in [0.4, 0.5) is 0 Å². The number of hydrogen-bond acceptors (Lipinski definition) is 2. The molecule has 1 N–H and O–H groups in total. The molecule has 1 heterocycles. The largest absolute Gasteiger partial charge is 0.355 e. The van der Waals surface area contributed by atoms with Gasteiger partial charge in [-0.3, -0.25) is 9.59 Å². The van der Waals surface area contributed by atoms with Crippen LogP contribution in [0, 0.1) is 6.92 Å². The van der Waals surface area contributed by atoms with E-state index >= 15 is 0 Å². The van der Waals surface area contributed by atoms with Crippen LogP contribution in [-0.2, 0) is 6.54 Å². The number of nitrogens with zero attached hydrogens (tertiary/aromatic N) is 1. The van der Waals surface area contributed by atoms with E-state index in [2.05, 4.69) is 11.9 Å². The highest BCUT2D eigenvalue weighted by Crippen LogP contribution is 2.04. The maximum absolute atomic E-state index is 12.3. The lowest BCUT2D eigenvalue weighted by atomic mass is 10.1. The SMILES string of the molecule is C=C/C(=C\C=C/C)Cn1cc(C)cc(C(=O)NC)c1=O. The summed E-state index contributed by atoms with van der Waals surface area (Å²) in [5.41, 5.74) is 1.61. The second-order valence-electron chi connectivity index (χ2n) is 4.41. The second kappa shape index (κ2) is 7.28. The van der Waals surface area contributed by atoms with Crippen molar-refractivity contribution in [1.82, 2.24) is 9.88 Å². The van der Waals surface area contributed by atoms with Gasteiger partial charge in [0.25, 0.3) is 11.5 Å². The van der Waals surface area contributed by atoms with E-state index < -0.39 is 0 Å². The maximum atomic E-state index is 12.3. The molecular formula is C16H20N2O2. The molecule has 0 saturated carbocycles. The van der Waals surface area contributed by atoms with Crippen LogP contribution in [0.25, 0.3) is 0 Å². The van der Waals surface area contributed by atoms with Crippen LogP contribution in [0.1, 0.15) is 22.8 Å². The Kier molecular flexibility index (Phi) is 5.72. The molecule has 0 atom stereocenters. The Morgan fingerprint density at radius 2 is 2.20 bits per heavy atom. The van der Waals surface area contributed by atoms with Crippen LogP contribution < -0.4 is 10.9 Å². The van der Waals surface area contributed by atoms with Gasteiger partial charge in [-0.15, -0.1) is 0 Å². The summed E-state index contributed by atoms with van der Waals surface area (Å²) in [6.45, 7) is 7.90. The quantitative estimate of drug-likeness (QED) is 0.835. The predicted molar refractivity (Wildman–Crippen MR) is 81.9 cm³/mol. The third-order valence-corrected chi connectivity index (χ3v) is 2.81. The summed E-state index contributed by atoms with van der Waals surface area (Å²) in [6, 6.07) is 1.60. The molecule has 4 nitrogen and oxygen atoms in total. The Morgan fingerprint density at radius 3 is 2.75 bits per heavy atom. The van der Waals surface area contributed by atoms with E-state index in [4.69, 9.17) is 0 Å². The van der Waals surface area contributed by atoms with Gasteiger partial charge in [-0.2, -0.15) is 0 Å². The van der Waals surface area contributed by atoms with Crippen LogP contribution in [0.15, 0.2) is 53.5 Å². The minimum absolute atomic E-state index is 0.155. The average molecular weight is 272 g/mol. The summed E-state index contributed by atoms with van der Waals surface area (Å²) in [4.78, 5) is 24.0. The van der Waals surface area contributed by atoms with Crippen LogP contribution in [0.5, 0.6) is 0 Å². The molecule has 0 aliphatic heterocycles. The summed E-state index contributed by atoms with van der Waals surface area (Å²) < 4.78 is 1.52. The molecule has 0 fully saturated rings. The summed E-state index contributed by atoms with van der Waals surface area (Å²) in [5.74, 6) is -0.370. The Morgan fingerprint density at radius 1 is 1.50 bits per heavy atom. The number of rotatable bonds is 5. The zero-order chi connectivity index (χ0) is 15.1. The van der Waals surface area contributed by atoms with Crippen molar-refractivity contribution in [3.63, 3.8) is 0 Å². The first kappa shape index (κ1) is 15.7. The Labute approximate surface area is 119 Å². The lowest BCUT2D eigenvalue weighted by Crippen LogP contribution is -2.31. The van der Waals surface area contributed by atoms with Gasteiger partial charge in [-0.05, 0) is 31.1 Å². The molecular weight excluding hydrogens is 252 g/mol. The molecule has 0 aliphatic rings. The van der Waals surface area contributed by atoms with Crippen molar-refractivity contribution in [2.45, 2.75) is 20.4 Å². The fourth-order valence-corrected chi connectivity index (χ4v) is 1.80. The highest BCUT2D eigenvalue weighted by Gasteiger charge is 2.12. The summed E-state index contributed by atoms with van der Waals surface area (Å²) in [6.07, 6.45) is 9.12. The number of allylic oxidation sites excluding steroid dienone is 5. The van der Waals surface area contributed by atoms with E-state index in [-0.39, 0.29) is 17.0 Å². The molecule has 1 aromatic rings. The Balaban J connectivity index is 3.26. The van der Waals surface area contributed by atoms with Crippen LogP contribution in [0.2, 0.25) is 0 Å². The van der Waals surface area contributed by atoms with E-state index in [1.807, 2.05) is 32.1 Å². The van der Waals surface area contributed by atoms with E-state index in [1.54, 1.807) is 18.3 Å². The molecule has 4 heteroatoms. The molecule has 1 amide bonds. The average Bonchev–Trinajstić information content (AvgIpc) is 2.45. The zero-order valence-corrected chi connectivity index (χ0v) is 12.1. The fourth-order valence-electron chi connectivity index (χ4n) is 1.80. The lowest BCUT2D eigenvalue weighted by molar-refractivity contribution is 0.0961. The molecule has 1 rings (SSSR count). The normalized spacial score (nSPS) is 11.7. The summed E-state index contributed by atoms with van der Waals surface area (Å²) in [5, 5.41) is 2.48. The smallest absolute Gasteiger partial charge is 0.263 e. The first-order chi connectivity index (χ1) is 9.53. The third kappa shape index (κ3) is 3.82. The molecule has 0 bridgehead atoms. The first-order valence-corrected chi connectivity index (χ1v) is 6.41. The van der Waals surface area contributed by atoms with Gasteiger partial charge in [0.1, 0.15) is 5.56 Å². The van der Waals surface area contributed by atoms with Crippen molar-refractivity contribution < 1.29 is 4.79 Å². The van der Waals surface area contributed by atoms with Gasteiger partial charge in [0.15, 0.2) is 0 Å². The van der Waals surface area contributed by atoms with Gasteiger partial charge < -0.3 is 9.88 Å². The van der Waals surface area contributed by atoms with Crippen LogP contribution >= 0.6 is 0 Å². The molecule has 0 saturated heterocycles. The standard InChI is InChI=1S/C16H20N2O2/c1-5-7-8-13(6-2)11-18-10-12(3)9-14(16(18)20)15(19)17-4/h5-10H,2,11H2,1,3-4H3,(H,17,19)/b7-5-,13-8+. The number of nitrogens with one attached hydrogen (secondary N) is 1. The van der Waals surface area contributed by atoms with E-state index in [0.717, 1.165) is 11.1 Å². The van der Waals surface area contributed by atoms with E-state index in [0.29, 0.717) is 6.54 Å². The van der Waals surface area contributed by atoms with Crippen molar-refractivity contribution in [3.8, 4) is 0 Å². The number of aryl methyl sites for hydroxylation is 1. The molecule has 0 spiro atoms. The topological polar surface area (TPSA) is 51.1 Å². The number of hydrogen-bond donors (Lipinski definition) is 1. The molecule has 0 unspecified atom stereocenters. The molecule has 0 aromatic carbocycles. The van der Waals surface area contributed by atoms with E-state index in [1.165, 1.54) is 11.6 Å². The Bertz CT molecular complexity index is 622. The third-order valence-electron chi connectivity index (χ3n) is 2.81. The van der Waals surface area contributed by atoms with Crippen molar-refractivity contribution >= 4 is 5.91 Å². The number of aromatic nitrogens is 1. The summed E-state index contributed by atoms with van der Waals surface area (Å²) in [7, 11) is 1.51. The van der Waals surface area contributed by atoms with Crippen molar-refractivity contribution in [2.75, 3.05) is 7.05 Å². The van der Waals surface area contributed by atoms with Gasteiger partial charge in [-0.1, -0.05) is 30.9 Å². The summed E-state index contributed by atoms with van der Waals surface area (Å²) >= 11 is 0. The fraction of sp³-hybridized carbons (Fsp3) is 0.250. The number of pyridine rings is 1. The van der Waals surface area contributed by atoms with Crippen LogP contribution in [0.3, 0.4) is 0 Å². The molecule has 1 aromatic heterocycles. The lowest BCUT2D eigenvalue weighted by Gasteiger charge is -2.10. The molecule has 0 aliphatic carbocycles. The van der Waals surface area contributed by atoms with Gasteiger partial charge in [0.05, 0.1) is 6.54 Å². The van der Waals surface area contributed by atoms with Gasteiger partial charge in [-0.25, -0.2) is 0 Å². The number of carbonyl (C=O) groups is 1.